The zero-order valence-corrected chi connectivity index (χ0v) is 13.5. The predicted molar refractivity (Wildman–Crippen MR) is 91.0 cm³/mol. The van der Waals surface area contributed by atoms with Gasteiger partial charge in [-0.15, -0.1) is 0 Å². The molecule has 1 aromatic carbocycles. The lowest BCUT2D eigenvalue weighted by Gasteiger charge is -2.38. The van der Waals surface area contributed by atoms with E-state index in [0.29, 0.717) is 5.41 Å². The average Bonchev–Trinajstić information content (AvgIpc) is 2.77. The lowest BCUT2D eigenvalue weighted by Crippen LogP contribution is -2.43. The van der Waals surface area contributed by atoms with E-state index >= 15 is 0 Å². The normalized spacial score (nSPS) is 21.1. The summed E-state index contributed by atoms with van der Waals surface area (Å²) < 4.78 is 0. The molecule has 21 heavy (non-hydrogen) atoms. The Balaban J connectivity index is 1.75. The molecule has 1 aromatic rings. The van der Waals surface area contributed by atoms with Crippen molar-refractivity contribution in [2.24, 2.45) is 5.41 Å². The maximum Gasteiger partial charge on any atom is 0.0399 e. The van der Waals surface area contributed by atoms with E-state index in [1.807, 2.05) is 0 Å². The van der Waals surface area contributed by atoms with E-state index in [-0.39, 0.29) is 0 Å². The van der Waals surface area contributed by atoms with Crippen LogP contribution in [0.4, 0.5) is 5.69 Å². The summed E-state index contributed by atoms with van der Waals surface area (Å²) in [5.74, 6) is 0. The molecule has 0 radical (unpaired) electrons. The van der Waals surface area contributed by atoms with Gasteiger partial charge in [0.1, 0.15) is 0 Å². The zero-order chi connectivity index (χ0) is 14.5. The number of nitrogens with zero attached hydrogens (tertiary/aromatic N) is 1. The summed E-state index contributed by atoms with van der Waals surface area (Å²) in [5.41, 5.74) is 3.53. The van der Waals surface area contributed by atoms with E-state index in [1.54, 1.807) is 5.56 Å². The van der Waals surface area contributed by atoms with E-state index < -0.39 is 0 Å². The van der Waals surface area contributed by atoms with Crippen LogP contribution in [-0.4, -0.2) is 26.2 Å². The molecule has 116 valence electrons. The number of fused-ring (bicyclic) bond motifs is 1. The van der Waals surface area contributed by atoms with Crippen LogP contribution in [0.2, 0.25) is 0 Å². The summed E-state index contributed by atoms with van der Waals surface area (Å²) in [6.45, 7) is 6.99. The molecule has 0 bridgehead atoms. The first-order valence-corrected chi connectivity index (χ1v) is 8.87. The van der Waals surface area contributed by atoms with Crippen molar-refractivity contribution >= 4 is 5.69 Å². The van der Waals surface area contributed by atoms with E-state index in [1.165, 1.54) is 70.3 Å². The van der Waals surface area contributed by atoms with E-state index in [2.05, 4.69) is 41.4 Å². The van der Waals surface area contributed by atoms with Gasteiger partial charge in [0.05, 0.1) is 0 Å². The zero-order valence-electron chi connectivity index (χ0n) is 13.5. The van der Waals surface area contributed by atoms with Gasteiger partial charge in [0.25, 0.3) is 0 Å². The summed E-state index contributed by atoms with van der Waals surface area (Å²) in [5, 5.41) is 3.66. The summed E-state index contributed by atoms with van der Waals surface area (Å²) >= 11 is 0. The number of benzene rings is 1. The largest absolute Gasteiger partial charge is 0.370 e. The summed E-state index contributed by atoms with van der Waals surface area (Å²) in [7, 11) is 0. The molecule has 1 aliphatic heterocycles. The molecule has 2 aliphatic rings. The van der Waals surface area contributed by atoms with Crippen LogP contribution >= 0.6 is 0 Å². The van der Waals surface area contributed by atoms with Gasteiger partial charge in [0.2, 0.25) is 0 Å². The van der Waals surface area contributed by atoms with Crippen LogP contribution in [-0.2, 0) is 6.42 Å². The maximum atomic E-state index is 3.66. The van der Waals surface area contributed by atoms with Gasteiger partial charge in [0.15, 0.2) is 0 Å². The molecule has 2 heteroatoms. The molecule has 1 N–H and O–H groups in total. The molecule has 0 amide bonds. The van der Waals surface area contributed by atoms with Crippen molar-refractivity contribution in [2.45, 2.75) is 51.9 Å². The van der Waals surface area contributed by atoms with Crippen LogP contribution in [0.1, 0.15) is 51.0 Å². The highest BCUT2D eigenvalue weighted by molar-refractivity contribution is 5.57. The minimum absolute atomic E-state index is 0.490. The lowest BCUT2D eigenvalue weighted by atomic mass is 9.79. The fourth-order valence-electron chi connectivity index (χ4n) is 4.24. The number of hydrogen-bond donors (Lipinski definition) is 1. The Hall–Kier alpha value is -1.02. The summed E-state index contributed by atoms with van der Waals surface area (Å²) in [4.78, 5) is 2.66. The van der Waals surface area contributed by atoms with Gasteiger partial charge in [-0.25, -0.2) is 0 Å². The van der Waals surface area contributed by atoms with Crippen LogP contribution in [0.25, 0.3) is 0 Å². The first-order valence-electron chi connectivity index (χ1n) is 8.87. The molecule has 1 aliphatic carbocycles. The number of rotatable bonds is 5. The fraction of sp³-hybridized carbons (Fsp3) is 0.684. The third kappa shape index (κ3) is 3.42. The Morgan fingerprint density at radius 2 is 1.86 bits per heavy atom. The average molecular weight is 286 g/mol. The van der Waals surface area contributed by atoms with Gasteiger partial charge >= 0.3 is 0 Å². The van der Waals surface area contributed by atoms with Crippen molar-refractivity contribution in [3.05, 3.63) is 29.8 Å². The molecule has 0 aromatic heterocycles. The molecule has 0 unspecified atom stereocenters. The van der Waals surface area contributed by atoms with Crippen LogP contribution < -0.4 is 10.2 Å². The molecule has 1 fully saturated rings. The van der Waals surface area contributed by atoms with Crippen molar-refractivity contribution in [1.82, 2.24) is 5.32 Å². The van der Waals surface area contributed by atoms with E-state index in [9.17, 15) is 0 Å². The topological polar surface area (TPSA) is 15.3 Å². The highest BCUT2D eigenvalue weighted by Crippen LogP contribution is 2.38. The Morgan fingerprint density at radius 3 is 2.62 bits per heavy atom. The molecule has 0 spiro atoms. The molecule has 0 saturated heterocycles. The highest BCUT2D eigenvalue weighted by atomic mass is 15.2. The van der Waals surface area contributed by atoms with Crippen molar-refractivity contribution in [3.63, 3.8) is 0 Å². The van der Waals surface area contributed by atoms with Crippen molar-refractivity contribution in [2.75, 3.05) is 31.1 Å². The quantitative estimate of drug-likeness (QED) is 0.823. The molecular formula is C19H30N2. The van der Waals surface area contributed by atoms with Crippen LogP contribution in [0.15, 0.2) is 24.3 Å². The first kappa shape index (κ1) is 14.9. The van der Waals surface area contributed by atoms with Gasteiger partial charge in [0, 0.05) is 30.7 Å². The van der Waals surface area contributed by atoms with E-state index in [4.69, 9.17) is 0 Å². The first-order chi connectivity index (χ1) is 10.3. The summed E-state index contributed by atoms with van der Waals surface area (Å²) in [6, 6.07) is 9.00. The number of nitrogens with one attached hydrogen (secondary N) is 1. The minimum atomic E-state index is 0.490. The van der Waals surface area contributed by atoms with Crippen LogP contribution in [0, 0.1) is 5.41 Å². The van der Waals surface area contributed by atoms with Crippen molar-refractivity contribution in [1.29, 1.82) is 0 Å². The van der Waals surface area contributed by atoms with Gasteiger partial charge in [-0.1, -0.05) is 50.8 Å². The number of anilines is 1. The molecule has 3 rings (SSSR count). The number of para-hydroxylation sites is 1. The molecule has 1 heterocycles. The van der Waals surface area contributed by atoms with Gasteiger partial charge < -0.3 is 10.2 Å². The third-order valence-corrected chi connectivity index (χ3v) is 5.42. The predicted octanol–water partition coefficient (Wildman–Crippen LogP) is 4.00. The second-order valence-electron chi connectivity index (χ2n) is 6.99. The maximum absolute atomic E-state index is 3.66. The van der Waals surface area contributed by atoms with E-state index in [0.717, 1.165) is 6.54 Å². The fourth-order valence-corrected chi connectivity index (χ4v) is 4.24. The number of hydrogen-bond acceptors (Lipinski definition) is 2. The lowest BCUT2D eigenvalue weighted by molar-refractivity contribution is 0.239. The smallest absolute Gasteiger partial charge is 0.0399 e. The Bertz CT molecular complexity index is 447. The standard InChI is InChI=1S/C19H30N2/c1-2-20-15-19(12-7-3-4-8-13-19)16-21-14-11-17-9-5-6-10-18(17)21/h5-6,9-10,20H,2-4,7-8,11-16H2,1H3. The third-order valence-electron chi connectivity index (χ3n) is 5.42. The second-order valence-corrected chi connectivity index (χ2v) is 6.99. The highest BCUT2D eigenvalue weighted by Gasteiger charge is 2.34. The van der Waals surface area contributed by atoms with Crippen molar-refractivity contribution in [3.8, 4) is 0 Å². The molecule has 2 nitrogen and oxygen atoms in total. The van der Waals surface area contributed by atoms with Gasteiger partial charge in [-0.05, 0) is 37.4 Å². The monoisotopic (exact) mass is 286 g/mol. The Morgan fingerprint density at radius 1 is 1.10 bits per heavy atom. The molecule has 0 atom stereocenters. The van der Waals surface area contributed by atoms with Gasteiger partial charge in [-0.2, -0.15) is 0 Å². The van der Waals surface area contributed by atoms with Crippen LogP contribution in [0.3, 0.4) is 0 Å². The van der Waals surface area contributed by atoms with Crippen molar-refractivity contribution < 1.29 is 0 Å². The van der Waals surface area contributed by atoms with Gasteiger partial charge in [-0.3, -0.25) is 0 Å². The Kier molecular flexibility index (Phi) is 4.84. The minimum Gasteiger partial charge on any atom is -0.370 e. The SMILES string of the molecule is CCNCC1(CN2CCc3ccccc32)CCCCCC1. The summed E-state index contributed by atoms with van der Waals surface area (Å²) in [6.07, 6.45) is 9.74. The van der Waals surface area contributed by atoms with Crippen LogP contribution in [0.5, 0.6) is 0 Å². The molecule has 1 saturated carbocycles. The molecular weight excluding hydrogens is 256 g/mol. The Labute approximate surface area is 129 Å². The second kappa shape index (κ2) is 6.83.